The highest BCUT2D eigenvalue weighted by Gasteiger charge is 2.15. The summed E-state index contributed by atoms with van der Waals surface area (Å²) in [4.78, 5) is 23.1. The first kappa shape index (κ1) is 17.4. The average molecular weight is 386 g/mol. The number of benzene rings is 1. The number of fused-ring (bicyclic) bond motifs is 2. The number of pyridine rings is 1. The first-order valence-electron chi connectivity index (χ1n) is 9.00. The van der Waals surface area contributed by atoms with Crippen LogP contribution >= 0.6 is 22.9 Å². The predicted octanol–water partition coefficient (Wildman–Crippen LogP) is 4.59. The van der Waals surface area contributed by atoms with Crippen LogP contribution in [0.15, 0.2) is 30.5 Å². The van der Waals surface area contributed by atoms with Crippen molar-refractivity contribution in [3.05, 3.63) is 56.6 Å². The van der Waals surface area contributed by atoms with Gasteiger partial charge in [0.15, 0.2) is 0 Å². The van der Waals surface area contributed by atoms with Crippen molar-refractivity contribution < 1.29 is 4.79 Å². The van der Waals surface area contributed by atoms with Crippen LogP contribution in [-0.2, 0) is 19.3 Å². The Hall–Kier alpha value is -1.98. The van der Waals surface area contributed by atoms with Gasteiger partial charge in [0.25, 0.3) is 5.91 Å². The number of aryl methyl sites for hydroxylation is 3. The summed E-state index contributed by atoms with van der Waals surface area (Å²) in [6.45, 7) is 0.615. The van der Waals surface area contributed by atoms with Gasteiger partial charge < -0.3 is 5.32 Å². The van der Waals surface area contributed by atoms with E-state index in [1.807, 2.05) is 29.5 Å². The molecule has 26 heavy (non-hydrogen) atoms. The van der Waals surface area contributed by atoms with Crippen LogP contribution in [0.5, 0.6) is 0 Å². The van der Waals surface area contributed by atoms with E-state index >= 15 is 0 Å². The Morgan fingerprint density at radius 3 is 3.04 bits per heavy atom. The fraction of sp³-hybridized carbons (Fsp3) is 0.350. The molecule has 1 aliphatic rings. The molecule has 0 bridgehead atoms. The largest absolute Gasteiger partial charge is 0.352 e. The monoisotopic (exact) mass is 385 g/mol. The summed E-state index contributed by atoms with van der Waals surface area (Å²) >= 11 is 7.99. The fourth-order valence-corrected chi connectivity index (χ4v) is 4.80. The van der Waals surface area contributed by atoms with E-state index in [0.717, 1.165) is 24.6 Å². The third-order valence-corrected chi connectivity index (χ3v) is 6.09. The van der Waals surface area contributed by atoms with Crippen molar-refractivity contribution in [1.29, 1.82) is 0 Å². The van der Waals surface area contributed by atoms with Crippen molar-refractivity contribution in [3.63, 3.8) is 0 Å². The lowest BCUT2D eigenvalue weighted by Gasteiger charge is -2.08. The second-order valence-electron chi connectivity index (χ2n) is 6.57. The van der Waals surface area contributed by atoms with Crippen LogP contribution in [0.3, 0.4) is 0 Å². The first-order valence-corrected chi connectivity index (χ1v) is 10.2. The predicted molar refractivity (Wildman–Crippen MR) is 106 cm³/mol. The van der Waals surface area contributed by atoms with E-state index in [4.69, 9.17) is 16.6 Å². The van der Waals surface area contributed by atoms with Crippen molar-refractivity contribution in [3.8, 4) is 0 Å². The number of hydrogen-bond acceptors (Lipinski definition) is 4. The molecule has 1 amide bonds. The Balaban J connectivity index is 1.36. The summed E-state index contributed by atoms with van der Waals surface area (Å²) < 4.78 is 0. The summed E-state index contributed by atoms with van der Waals surface area (Å²) in [7, 11) is 0. The fourth-order valence-electron chi connectivity index (χ4n) is 3.38. The molecule has 0 saturated heterocycles. The maximum Gasteiger partial charge on any atom is 0.253 e. The van der Waals surface area contributed by atoms with Crippen molar-refractivity contribution in [2.24, 2.45) is 0 Å². The van der Waals surface area contributed by atoms with Crippen LogP contribution in [0.4, 0.5) is 0 Å². The SMILES string of the molecule is O=C(NCCCc1nc2c(s1)CCCC2)c1cc(Cl)cc2cccnc12. The number of aromatic nitrogens is 2. The molecule has 0 radical (unpaired) electrons. The van der Waals surface area contributed by atoms with Crippen LogP contribution in [0.2, 0.25) is 5.02 Å². The summed E-state index contributed by atoms with van der Waals surface area (Å²) in [5.74, 6) is -0.130. The molecular formula is C20H20ClN3OS. The Labute approximate surface area is 161 Å². The lowest BCUT2D eigenvalue weighted by molar-refractivity contribution is 0.0954. The van der Waals surface area contributed by atoms with Crippen molar-refractivity contribution >= 4 is 39.7 Å². The molecule has 2 heterocycles. The van der Waals surface area contributed by atoms with Gasteiger partial charge in [-0.05, 0) is 50.3 Å². The second kappa shape index (κ2) is 7.72. The maximum atomic E-state index is 12.6. The standard InChI is InChI=1S/C20H20ClN3OS/c21-14-11-13-5-3-9-22-19(13)15(12-14)20(25)23-10-4-8-18-24-16-6-1-2-7-17(16)26-18/h3,5,9,11-12H,1-2,4,6-8,10H2,(H,23,25). The third kappa shape index (κ3) is 3.74. The normalized spacial score (nSPS) is 13.6. The van der Waals surface area contributed by atoms with Gasteiger partial charge in [0.1, 0.15) is 0 Å². The van der Waals surface area contributed by atoms with E-state index in [1.54, 1.807) is 12.3 Å². The molecule has 6 heteroatoms. The molecular weight excluding hydrogens is 366 g/mol. The summed E-state index contributed by atoms with van der Waals surface area (Å²) in [5, 5.41) is 5.60. The van der Waals surface area contributed by atoms with Crippen LogP contribution in [0.25, 0.3) is 10.9 Å². The van der Waals surface area contributed by atoms with Crippen molar-refractivity contribution in [1.82, 2.24) is 15.3 Å². The van der Waals surface area contributed by atoms with Crippen LogP contribution in [-0.4, -0.2) is 22.4 Å². The topological polar surface area (TPSA) is 54.9 Å². The Kier molecular flexibility index (Phi) is 5.18. The number of nitrogens with one attached hydrogen (secondary N) is 1. The average Bonchev–Trinajstić information content (AvgIpc) is 3.07. The van der Waals surface area contributed by atoms with Gasteiger partial charge >= 0.3 is 0 Å². The first-order chi connectivity index (χ1) is 12.7. The van der Waals surface area contributed by atoms with E-state index in [1.165, 1.54) is 34.8 Å². The lowest BCUT2D eigenvalue weighted by atomic mass is 10.0. The molecule has 4 nitrogen and oxygen atoms in total. The van der Waals surface area contributed by atoms with Crippen molar-refractivity contribution in [2.75, 3.05) is 6.54 Å². The number of amides is 1. The molecule has 0 spiro atoms. The zero-order valence-electron chi connectivity index (χ0n) is 14.4. The summed E-state index contributed by atoms with van der Waals surface area (Å²) in [6.07, 6.45) is 8.32. The number of carbonyl (C=O) groups excluding carboxylic acids is 1. The molecule has 134 valence electrons. The molecule has 3 aromatic rings. The van der Waals surface area contributed by atoms with Crippen LogP contribution in [0.1, 0.15) is 45.2 Å². The van der Waals surface area contributed by atoms with E-state index in [0.29, 0.717) is 22.6 Å². The van der Waals surface area contributed by atoms with Gasteiger partial charge in [-0.25, -0.2) is 4.98 Å². The maximum absolute atomic E-state index is 12.6. The van der Waals surface area contributed by atoms with E-state index in [2.05, 4.69) is 10.3 Å². The number of nitrogens with zero attached hydrogens (tertiary/aromatic N) is 2. The molecule has 4 rings (SSSR count). The number of thiazole rings is 1. The highest BCUT2D eigenvalue weighted by atomic mass is 35.5. The molecule has 0 unspecified atom stereocenters. The van der Waals surface area contributed by atoms with Crippen LogP contribution in [0, 0.1) is 0 Å². The molecule has 1 aromatic carbocycles. The smallest absolute Gasteiger partial charge is 0.253 e. The minimum atomic E-state index is -0.130. The van der Waals surface area contributed by atoms with Gasteiger partial charge in [0.2, 0.25) is 0 Å². The van der Waals surface area contributed by atoms with Gasteiger partial charge in [-0.1, -0.05) is 17.7 Å². The molecule has 0 aliphatic heterocycles. The van der Waals surface area contributed by atoms with E-state index < -0.39 is 0 Å². The molecule has 1 aliphatic carbocycles. The summed E-state index contributed by atoms with van der Waals surface area (Å²) in [5.41, 5.74) is 2.51. The van der Waals surface area contributed by atoms with Crippen LogP contribution < -0.4 is 5.32 Å². The van der Waals surface area contributed by atoms with E-state index in [-0.39, 0.29) is 5.91 Å². The Morgan fingerprint density at radius 2 is 2.15 bits per heavy atom. The molecule has 0 saturated carbocycles. The number of halogens is 1. The minimum Gasteiger partial charge on any atom is -0.352 e. The number of hydrogen-bond donors (Lipinski definition) is 1. The zero-order chi connectivity index (χ0) is 17.9. The van der Waals surface area contributed by atoms with Gasteiger partial charge in [-0.3, -0.25) is 9.78 Å². The number of carbonyl (C=O) groups is 1. The van der Waals surface area contributed by atoms with Gasteiger partial charge in [-0.2, -0.15) is 0 Å². The zero-order valence-corrected chi connectivity index (χ0v) is 16.0. The highest BCUT2D eigenvalue weighted by molar-refractivity contribution is 7.11. The van der Waals surface area contributed by atoms with E-state index in [9.17, 15) is 4.79 Å². The Morgan fingerprint density at radius 1 is 1.27 bits per heavy atom. The van der Waals surface area contributed by atoms with Gasteiger partial charge in [0.05, 0.1) is 21.8 Å². The minimum absolute atomic E-state index is 0.130. The van der Waals surface area contributed by atoms with Gasteiger partial charge in [-0.15, -0.1) is 11.3 Å². The lowest BCUT2D eigenvalue weighted by Crippen LogP contribution is -2.25. The quantitative estimate of drug-likeness (QED) is 0.653. The molecule has 1 N–H and O–H groups in total. The van der Waals surface area contributed by atoms with Crippen molar-refractivity contribution in [2.45, 2.75) is 38.5 Å². The second-order valence-corrected chi connectivity index (χ2v) is 8.18. The molecule has 0 atom stereocenters. The molecule has 2 aromatic heterocycles. The third-order valence-electron chi connectivity index (χ3n) is 4.66. The highest BCUT2D eigenvalue weighted by Crippen LogP contribution is 2.27. The number of rotatable bonds is 5. The molecule has 0 fully saturated rings. The summed E-state index contributed by atoms with van der Waals surface area (Å²) in [6, 6.07) is 7.26. The van der Waals surface area contributed by atoms with Gasteiger partial charge in [0, 0.05) is 34.4 Å². The Bertz CT molecular complexity index is 930.